The van der Waals surface area contributed by atoms with Gasteiger partial charge < -0.3 is 14.6 Å². The number of hydrogen-bond donors (Lipinski definition) is 1. The molecule has 0 radical (unpaired) electrons. The summed E-state index contributed by atoms with van der Waals surface area (Å²) >= 11 is 0. The third-order valence-corrected chi connectivity index (χ3v) is 4.12. The van der Waals surface area contributed by atoms with Crippen molar-refractivity contribution in [1.82, 2.24) is 19.5 Å². The molecule has 0 aliphatic heterocycles. The summed E-state index contributed by atoms with van der Waals surface area (Å²) in [7, 11) is 0. The summed E-state index contributed by atoms with van der Waals surface area (Å²) in [6.07, 6.45) is 3.16. The number of anilines is 2. The van der Waals surface area contributed by atoms with Crippen molar-refractivity contribution in [1.29, 1.82) is 0 Å². The van der Waals surface area contributed by atoms with Crippen LogP contribution < -0.4 is 10.7 Å². The highest BCUT2D eigenvalue weighted by atomic mass is 16.5. The lowest BCUT2D eigenvalue weighted by Gasteiger charge is -2.14. The Morgan fingerprint density at radius 2 is 2.04 bits per heavy atom. The summed E-state index contributed by atoms with van der Waals surface area (Å²) in [5, 5.41) is 3.43. The van der Waals surface area contributed by atoms with Gasteiger partial charge in [0.15, 0.2) is 0 Å². The van der Waals surface area contributed by atoms with Gasteiger partial charge in [0.2, 0.25) is 11.4 Å². The van der Waals surface area contributed by atoms with Crippen LogP contribution >= 0.6 is 0 Å². The van der Waals surface area contributed by atoms with Crippen LogP contribution in [-0.4, -0.2) is 32.1 Å². The molecule has 3 aromatic rings. The highest BCUT2D eigenvalue weighted by Crippen LogP contribution is 2.22. The number of aryl methyl sites for hydroxylation is 3. The first-order valence-electron chi connectivity index (χ1n) is 8.73. The van der Waals surface area contributed by atoms with Gasteiger partial charge in [-0.25, -0.2) is 19.7 Å². The number of fused-ring (bicyclic) bond motifs is 1. The van der Waals surface area contributed by atoms with Gasteiger partial charge in [-0.2, -0.15) is 0 Å². The van der Waals surface area contributed by atoms with E-state index in [0.29, 0.717) is 34.9 Å². The molecule has 0 aromatic carbocycles. The number of ether oxygens (including phenoxy) is 1. The Labute approximate surface area is 156 Å². The van der Waals surface area contributed by atoms with E-state index in [1.54, 1.807) is 29.8 Å². The van der Waals surface area contributed by atoms with Crippen molar-refractivity contribution in [2.45, 2.75) is 34.2 Å². The highest BCUT2D eigenvalue weighted by Gasteiger charge is 2.18. The molecular weight excluding hydrogens is 346 g/mol. The summed E-state index contributed by atoms with van der Waals surface area (Å²) in [5.41, 5.74) is 2.22. The molecule has 0 fully saturated rings. The minimum Gasteiger partial charge on any atom is -0.462 e. The Balaban J connectivity index is 2.18. The molecule has 0 saturated carbocycles. The van der Waals surface area contributed by atoms with E-state index in [1.165, 1.54) is 6.20 Å². The number of pyridine rings is 2. The molecular formula is C19H21N5O3. The number of rotatable bonds is 5. The second-order valence-electron chi connectivity index (χ2n) is 6.02. The van der Waals surface area contributed by atoms with Crippen LogP contribution in [0.1, 0.15) is 35.6 Å². The normalized spacial score (nSPS) is 10.8. The first kappa shape index (κ1) is 18.5. The number of carbonyl (C=O) groups is 1. The Morgan fingerprint density at radius 1 is 1.26 bits per heavy atom. The van der Waals surface area contributed by atoms with Crippen LogP contribution in [0.2, 0.25) is 0 Å². The van der Waals surface area contributed by atoms with E-state index < -0.39 is 11.4 Å². The third kappa shape index (κ3) is 3.64. The second-order valence-corrected chi connectivity index (χ2v) is 6.02. The Morgan fingerprint density at radius 3 is 2.70 bits per heavy atom. The monoisotopic (exact) mass is 367 g/mol. The van der Waals surface area contributed by atoms with Crippen LogP contribution in [0.5, 0.6) is 0 Å². The summed E-state index contributed by atoms with van der Waals surface area (Å²) < 4.78 is 6.78. The van der Waals surface area contributed by atoms with Crippen LogP contribution in [0.3, 0.4) is 0 Å². The predicted molar refractivity (Wildman–Crippen MR) is 102 cm³/mol. The van der Waals surface area contributed by atoms with Crippen LogP contribution in [0.4, 0.5) is 11.6 Å². The Bertz CT molecular complexity index is 1070. The molecule has 27 heavy (non-hydrogen) atoms. The number of carbonyl (C=O) groups excluding carboxylic acids is 1. The van der Waals surface area contributed by atoms with Crippen LogP contribution in [-0.2, 0) is 11.3 Å². The predicted octanol–water partition coefficient (Wildman–Crippen LogP) is 2.74. The molecule has 0 saturated heterocycles. The van der Waals surface area contributed by atoms with E-state index in [1.807, 2.05) is 20.8 Å². The molecule has 0 aliphatic carbocycles. The smallest absolute Gasteiger partial charge is 0.343 e. The molecule has 140 valence electrons. The number of esters is 1. The maximum atomic E-state index is 12.9. The fraction of sp³-hybridized carbons (Fsp3) is 0.316. The zero-order valence-electron chi connectivity index (χ0n) is 15.7. The lowest BCUT2D eigenvalue weighted by molar-refractivity contribution is 0.0524. The largest absolute Gasteiger partial charge is 0.462 e. The molecule has 3 rings (SSSR count). The summed E-state index contributed by atoms with van der Waals surface area (Å²) in [5.74, 6) is -0.222. The molecule has 8 nitrogen and oxygen atoms in total. The maximum Gasteiger partial charge on any atom is 0.343 e. The molecule has 0 amide bonds. The van der Waals surface area contributed by atoms with Crippen molar-refractivity contribution < 1.29 is 9.53 Å². The minimum absolute atomic E-state index is 0.00499. The summed E-state index contributed by atoms with van der Waals surface area (Å²) in [6.45, 7) is 8.08. The van der Waals surface area contributed by atoms with Gasteiger partial charge in [-0.3, -0.25) is 4.79 Å². The van der Waals surface area contributed by atoms with Crippen molar-refractivity contribution in [3.05, 3.63) is 51.7 Å². The molecule has 8 heteroatoms. The average molecular weight is 367 g/mol. The molecule has 3 aromatic heterocycles. The van der Waals surface area contributed by atoms with E-state index in [4.69, 9.17) is 4.74 Å². The van der Waals surface area contributed by atoms with Crippen LogP contribution in [0.25, 0.3) is 11.0 Å². The van der Waals surface area contributed by atoms with Crippen molar-refractivity contribution in [2.24, 2.45) is 0 Å². The topological polar surface area (TPSA) is 99.0 Å². The van der Waals surface area contributed by atoms with Gasteiger partial charge in [0.05, 0.1) is 23.4 Å². The summed E-state index contributed by atoms with van der Waals surface area (Å²) in [4.78, 5) is 38.1. The maximum absolute atomic E-state index is 12.9. The first-order valence-corrected chi connectivity index (χ1v) is 8.73. The van der Waals surface area contributed by atoms with Crippen LogP contribution in [0, 0.1) is 13.8 Å². The zero-order chi connectivity index (χ0) is 19.6. The molecule has 0 atom stereocenters. The molecule has 1 N–H and O–H groups in total. The van der Waals surface area contributed by atoms with E-state index in [2.05, 4.69) is 20.3 Å². The quantitative estimate of drug-likeness (QED) is 0.692. The Hall–Kier alpha value is -3.29. The van der Waals surface area contributed by atoms with Gasteiger partial charge >= 0.3 is 5.97 Å². The number of aromatic nitrogens is 4. The van der Waals surface area contributed by atoms with Crippen molar-refractivity contribution in [3.8, 4) is 0 Å². The fourth-order valence-electron chi connectivity index (χ4n) is 2.75. The van der Waals surface area contributed by atoms with Gasteiger partial charge in [0, 0.05) is 24.6 Å². The lowest BCUT2D eigenvalue weighted by atomic mass is 10.1. The fourth-order valence-corrected chi connectivity index (χ4v) is 2.75. The van der Waals surface area contributed by atoms with Gasteiger partial charge in [-0.05, 0) is 39.8 Å². The lowest BCUT2D eigenvalue weighted by Crippen LogP contribution is -2.21. The molecule has 0 unspecified atom stereocenters. The van der Waals surface area contributed by atoms with Gasteiger partial charge in [0.1, 0.15) is 11.2 Å². The van der Waals surface area contributed by atoms with E-state index in [9.17, 15) is 9.59 Å². The molecule has 0 aliphatic rings. The average Bonchev–Trinajstić information content (AvgIpc) is 2.63. The standard InChI is InChI=1S/C19H21N5O3/c1-5-24-10-14(18(26)27-6-2)16(25)13-9-15(12(4)22-17(13)24)23-19-20-8-7-11(3)21-19/h7-10H,5-6H2,1-4H3,(H,20,21,23). The first-order chi connectivity index (χ1) is 12.9. The van der Waals surface area contributed by atoms with Crippen LogP contribution in [0.15, 0.2) is 29.3 Å². The van der Waals surface area contributed by atoms with Gasteiger partial charge in [-0.15, -0.1) is 0 Å². The molecule has 0 bridgehead atoms. The molecule has 0 spiro atoms. The van der Waals surface area contributed by atoms with Crippen molar-refractivity contribution in [3.63, 3.8) is 0 Å². The van der Waals surface area contributed by atoms with Crippen molar-refractivity contribution in [2.75, 3.05) is 11.9 Å². The number of hydrogen-bond acceptors (Lipinski definition) is 7. The SMILES string of the molecule is CCOC(=O)c1cn(CC)c2nc(C)c(Nc3nccc(C)n3)cc2c1=O. The highest BCUT2D eigenvalue weighted by molar-refractivity contribution is 5.93. The Kier molecular flexibility index (Phi) is 5.16. The van der Waals surface area contributed by atoms with E-state index >= 15 is 0 Å². The third-order valence-electron chi connectivity index (χ3n) is 4.12. The van der Waals surface area contributed by atoms with E-state index in [0.717, 1.165) is 5.69 Å². The van der Waals surface area contributed by atoms with Crippen molar-refractivity contribution >= 4 is 28.6 Å². The van der Waals surface area contributed by atoms with Gasteiger partial charge in [-0.1, -0.05) is 0 Å². The zero-order valence-corrected chi connectivity index (χ0v) is 15.7. The summed E-state index contributed by atoms with van der Waals surface area (Å²) in [6, 6.07) is 3.47. The van der Waals surface area contributed by atoms with E-state index in [-0.39, 0.29) is 12.2 Å². The molecule has 3 heterocycles. The number of nitrogens with zero attached hydrogens (tertiary/aromatic N) is 4. The number of nitrogens with one attached hydrogen (secondary N) is 1. The van der Waals surface area contributed by atoms with Gasteiger partial charge in [0.25, 0.3) is 0 Å². The minimum atomic E-state index is -0.635. The second kappa shape index (κ2) is 7.53.